The van der Waals surface area contributed by atoms with Crippen LogP contribution < -0.4 is 0 Å². The molecule has 34 heavy (non-hydrogen) atoms. The summed E-state index contributed by atoms with van der Waals surface area (Å²) in [5, 5.41) is 42.4. The van der Waals surface area contributed by atoms with Crippen LogP contribution in [0.1, 0.15) is 91.9 Å². The van der Waals surface area contributed by atoms with Crippen LogP contribution >= 0.6 is 11.8 Å². The van der Waals surface area contributed by atoms with Crippen LogP contribution in [0.4, 0.5) is 0 Å². The first-order valence-electron chi connectivity index (χ1n) is 13.5. The van der Waals surface area contributed by atoms with Crippen molar-refractivity contribution in [3.8, 4) is 0 Å². The van der Waals surface area contributed by atoms with E-state index in [1.807, 2.05) is 11.8 Å². The zero-order valence-corrected chi connectivity index (χ0v) is 22.6. The highest BCUT2D eigenvalue weighted by Crippen LogP contribution is 2.59. The largest absolute Gasteiger partial charge is 0.393 e. The molecular weight excluding hydrogens is 444 g/mol. The highest BCUT2D eigenvalue weighted by molar-refractivity contribution is 7.99. The standard InChI is InChI=1S/C29H48O4S/c1-6-29(33,7-2)14-9-15-34-20(4)27-26(32)18-24-21(10-8-13-28(24,27)5)11-12-22-16-23(30)17-25(31)19(22)3/h11-12,20,23-27,30-33H,3,6-10,13-18H2,1-2,4-5H3/t20-,23+,24-,25-,26+,27-,28-/m0/s1. The summed E-state index contributed by atoms with van der Waals surface area (Å²) >= 11 is 1.96. The Labute approximate surface area is 211 Å². The molecule has 0 aromatic carbocycles. The van der Waals surface area contributed by atoms with Gasteiger partial charge in [-0.05, 0) is 86.0 Å². The van der Waals surface area contributed by atoms with Crippen molar-refractivity contribution in [1.29, 1.82) is 0 Å². The van der Waals surface area contributed by atoms with Gasteiger partial charge in [-0.15, -0.1) is 0 Å². The Bertz CT molecular complexity index is 770. The van der Waals surface area contributed by atoms with Gasteiger partial charge in [-0.25, -0.2) is 0 Å². The van der Waals surface area contributed by atoms with Crippen molar-refractivity contribution in [3.63, 3.8) is 0 Å². The zero-order chi connectivity index (χ0) is 25.1. The molecule has 3 fully saturated rings. The third-order valence-electron chi connectivity index (χ3n) is 9.33. The molecule has 3 rings (SSSR count). The molecule has 0 spiro atoms. The average Bonchev–Trinajstić information content (AvgIpc) is 3.08. The van der Waals surface area contributed by atoms with Crippen molar-refractivity contribution in [2.75, 3.05) is 5.75 Å². The van der Waals surface area contributed by atoms with Gasteiger partial charge in [0, 0.05) is 17.6 Å². The summed E-state index contributed by atoms with van der Waals surface area (Å²) < 4.78 is 0. The minimum atomic E-state index is -0.661. The van der Waals surface area contributed by atoms with Crippen LogP contribution in [0.2, 0.25) is 0 Å². The predicted octanol–water partition coefficient (Wildman–Crippen LogP) is 5.55. The summed E-state index contributed by atoms with van der Waals surface area (Å²) in [5.41, 5.74) is 2.64. The third kappa shape index (κ3) is 6.03. The fraction of sp³-hybridized carbons (Fsp3) is 0.793. The maximum absolute atomic E-state index is 11.2. The Kier molecular flexibility index (Phi) is 9.58. The highest BCUT2D eigenvalue weighted by Gasteiger charge is 2.55. The summed E-state index contributed by atoms with van der Waals surface area (Å²) in [6.45, 7) is 12.8. The van der Waals surface area contributed by atoms with Crippen LogP contribution in [0.25, 0.3) is 0 Å². The highest BCUT2D eigenvalue weighted by atomic mass is 32.2. The first-order valence-corrected chi connectivity index (χ1v) is 14.6. The van der Waals surface area contributed by atoms with Gasteiger partial charge >= 0.3 is 0 Å². The van der Waals surface area contributed by atoms with Crippen molar-refractivity contribution in [2.24, 2.45) is 17.3 Å². The molecule has 4 N–H and O–H groups in total. The van der Waals surface area contributed by atoms with E-state index in [-0.39, 0.29) is 17.4 Å². The molecule has 0 aliphatic heterocycles. The summed E-state index contributed by atoms with van der Waals surface area (Å²) in [5.74, 6) is 1.66. The molecule has 0 unspecified atom stereocenters. The van der Waals surface area contributed by atoms with Crippen LogP contribution in [-0.4, -0.2) is 55.3 Å². The molecule has 0 heterocycles. The summed E-state index contributed by atoms with van der Waals surface area (Å²) in [7, 11) is 0. The topological polar surface area (TPSA) is 80.9 Å². The maximum Gasteiger partial charge on any atom is 0.0811 e. The number of thioether (sulfide) groups is 1. The lowest BCUT2D eigenvalue weighted by atomic mass is 9.63. The van der Waals surface area contributed by atoms with E-state index >= 15 is 0 Å². The van der Waals surface area contributed by atoms with Gasteiger partial charge in [-0.3, -0.25) is 0 Å². The molecule has 0 radical (unpaired) electrons. The number of hydrogen-bond donors (Lipinski definition) is 4. The summed E-state index contributed by atoms with van der Waals surface area (Å²) in [4.78, 5) is 0. The van der Waals surface area contributed by atoms with E-state index in [0.717, 1.165) is 68.3 Å². The smallest absolute Gasteiger partial charge is 0.0811 e. The Hall–Kier alpha value is -0.590. The quantitative estimate of drug-likeness (QED) is 0.317. The molecule has 0 bridgehead atoms. The Morgan fingerprint density at radius 1 is 1.18 bits per heavy atom. The first kappa shape index (κ1) is 28.0. The second-order valence-corrected chi connectivity index (χ2v) is 12.9. The van der Waals surface area contributed by atoms with Gasteiger partial charge in [0.15, 0.2) is 0 Å². The first-order chi connectivity index (χ1) is 16.0. The predicted molar refractivity (Wildman–Crippen MR) is 143 cm³/mol. The van der Waals surface area contributed by atoms with Crippen molar-refractivity contribution in [2.45, 2.75) is 121 Å². The SMILES string of the molecule is C=C1C(=CC=C2CCC[C@]3(C)[C@@H]([C@H](C)SCCCC(O)(CC)CC)[C@H](O)C[C@@H]23)C[C@@H](O)C[C@@H]1O. The lowest BCUT2D eigenvalue weighted by Crippen LogP contribution is -2.39. The molecule has 0 amide bonds. The van der Waals surface area contributed by atoms with Gasteiger partial charge in [-0.2, -0.15) is 11.8 Å². The zero-order valence-electron chi connectivity index (χ0n) is 21.8. The average molecular weight is 493 g/mol. The fourth-order valence-corrected chi connectivity index (χ4v) is 8.37. The molecule has 5 heteroatoms. The molecule has 0 saturated heterocycles. The second-order valence-electron chi connectivity index (χ2n) is 11.4. The minimum Gasteiger partial charge on any atom is -0.393 e. The summed E-state index contributed by atoms with van der Waals surface area (Å²) in [6.07, 6.45) is 11.3. The van der Waals surface area contributed by atoms with E-state index in [1.54, 1.807) is 0 Å². The normalized spacial score (nSPS) is 37.9. The van der Waals surface area contributed by atoms with Gasteiger partial charge in [0.05, 0.1) is 23.9 Å². The van der Waals surface area contributed by atoms with Crippen LogP contribution in [0.5, 0.6) is 0 Å². The van der Waals surface area contributed by atoms with Gasteiger partial charge in [0.2, 0.25) is 0 Å². The lowest BCUT2D eigenvalue weighted by Gasteiger charge is -2.44. The number of allylic oxidation sites excluding steroid dienone is 3. The van der Waals surface area contributed by atoms with Crippen molar-refractivity contribution in [1.82, 2.24) is 0 Å². The van der Waals surface area contributed by atoms with E-state index in [0.29, 0.717) is 24.0 Å². The van der Waals surface area contributed by atoms with Crippen molar-refractivity contribution < 1.29 is 20.4 Å². The molecular formula is C29H48O4S. The number of aliphatic hydroxyl groups is 4. The Morgan fingerprint density at radius 2 is 1.88 bits per heavy atom. The van der Waals surface area contributed by atoms with Gasteiger partial charge in [0.1, 0.15) is 0 Å². The van der Waals surface area contributed by atoms with Gasteiger partial charge in [-0.1, -0.05) is 52.0 Å². The van der Waals surface area contributed by atoms with Crippen LogP contribution in [-0.2, 0) is 0 Å². The third-order valence-corrected chi connectivity index (χ3v) is 10.7. The number of rotatable bonds is 9. The fourth-order valence-electron chi connectivity index (χ4n) is 6.98. The molecule has 194 valence electrons. The second kappa shape index (κ2) is 11.6. The van der Waals surface area contributed by atoms with E-state index in [2.05, 4.69) is 46.4 Å². The van der Waals surface area contributed by atoms with Crippen molar-refractivity contribution >= 4 is 11.8 Å². The maximum atomic E-state index is 11.2. The van der Waals surface area contributed by atoms with E-state index in [1.165, 1.54) is 5.57 Å². The van der Waals surface area contributed by atoms with Crippen molar-refractivity contribution in [3.05, 3.63) is 35.5 Å². The Balaban J connectivity index is 1.68. The van der Waals surface area contributed by atoms with Gasteiger partial charge < -0.3 is 20.4 Å². The number of fused-ring (bicyclic) bond motifs is 1. The number of hydrogen-bond acceptors (Lipinski definition) is 5. The van der Waals surface area contributed by atoms with Crippen LogP contribution in [0, 0.1) is 17.3 Å². The van der Waals surface area contributed by atoms with E-state index in [4.69, 9.17) is 0 Å². The van der Waals surface area contributed by atoms with Gasteiger partial charge in [0.25, 0.3) is 0 Å². The molecule has 0 aromatic rings. The van der Waals surface area contributed by atoms with Crippen LogP contribution in [0.15, 0.2) is 35.5 Å². The minimum absolute atomic E-state index is 0.0879. The van der Waals surface area contributed by atoms with E-state index in [9.17, 15) is 20.4 Å². The molecule has 3 aliphatic carbocycles. The molecule has 0 aromatic heterocycles. The Morgan fingerprint density at radius 3 is 2.56 bits per heavy atom. The molecule has 4 nitrogen and oxygen atoms in total. The number of aliphatic hydroxyl groups excluding tert-OH is 3. The van der Waals surface area contributed by atoms with E-state index < -0.39 is 17.8 Å². The van der Waals surface area contributed by atoms with Crippen LogP contribution in [0.3, 0.4) is 0 Å². The molecule has 7 atom stereocenters. The molecule has 3 saturated carbocycles. The lowest BCUT2D eigenvalue weighted by molar-refractivity contribution is 0.0232. The summed E-state index contributed by atoms with van der Waals surface area (Å²) in [6, 6.07) is 0. The molecule has 3 aliphatic rings. The monoisotopic (exact) mass is 492 g/mol.